The van der Waals surface area contributed by atoms with Crippen LogP contribution >= 0.6 is 38.9 Å². The molecule has 2 unspecified atom stereocenters. The normalized spacial score (nSPS) is 16.0. The van der Waals surface area contributed by atoms with Crippen LogP contribution in [0.1, 0.15) is 11.7 Å². The Bertz CT molecular complexity index is 253. The summed E-state index contributed by atoms with van der Waals surface area (Å²) < 4.78 is 0.809. The van der Waals surface area contributed by atoms with Crippen molar-refractivity contribution in [2.24, 2.45) is 0 Å². The van der Waals surface area contributed by atoms with Crippen molar-refractivity contribution >= 4 is 38.9 Å². The van der Waals surface area contributed by atoms with E-state index in [1.165, 1.54) is 11.3 Å². The summed E-state index contributed by atoms with van der Waals surface area (Å²) in [6.45, 7) is 0. The van der Waals surface area contributed by atoms with Gasteiger partial charge in [0.1, 0.15) is 6.10 Å². The van der Waals surface area contributed by atoms with Gasteiger partial charge in [0.2, 0.25) is 0 Å². The van der Waals surface area contributed by atoms with Crippen molar-refractivity contribution in [3.63, 3.8) is 0 Å². The second-order valence-corrected chi connectivity index (χ2v) is 4.25. The van der Waals surface area contributed by atoms with Crippen LogP contribution in [0.25, 0.3) is 0 Å². The summed E-state index contributed by atoms with van der Waals surface area (Å²) in [7, 11) is 0. The van der Waals surface area contributed by atoms with Gasteiger partial charge in [0.05, 0.1) is 12.0 Å². The molecule has 0 amide bonds. The summed E-state index contributed by atoms with van der Waals surface area (Å²) in [5.41, 5.74) is 0.688. The lowest BCUT2D eigenvalue weighted by Crippen LogP contribution is -2.19. The lowest BCUT2D eigenvalue weighted by Gasteiger charge is -2.14. The van der Waals surface area contributed by atoms with Gasteiger partial charge in [-0.15, -0.1) is 11.6 Å². The molecule has 2 nitrogen and oxygen atoms in total. The maximum Gasteiger partial charge on any atom is 0.108 e. The third kappa shape index (κ3) is 2.20. The first-order valence-electron chi connectivity index (χ1n) is 3.30. The molecule has 0 aliphatic carbocycles. The zero-order valence-corrected chi connectivity index (χ0v) is 9.23. The van der Waals surface area contributed by atoms with Crippen molar-refractivity contribution in [2.45, 2.75) is 12.2 Å². The van der Waals surface area contributed by atoms with E-state index in [-0.39, 0.29) is 5.88 Å². The summed E-state index contributed by atoms with van der Waals surface area (Å²) in [5.74, 6) is 0.0312. The van der Waals surface area contributed by atoms with Crippen LogP contribution in [0.5, 0.6) is 0 Å². The number of halogens is 2. The Labute approximate surface area is 87.9 Å². The van der Waals surface area contributed by atoms with E-state index in [9.17, 15) is 10.2 Å². The van der Waals surface area contributed by atoms with Gasteiger partial charge in [-0.2, -0.15) is 11.3 Å². The maximum absolute atomic E-state index is 9.50. The van der Waals surface area contributed by atoms with E-state index >= 15 is 0 Å². The van der Waals surface area contributed by atoms with E-state index in [0.717, 1.165) is 4.47 Å². The molecule has 0 aliphatic heterocycles. The predicted octanol–water partition coefficient (Wildman–Crippen LogP) is 2.14. The van der Waals surface area contributed by atoms with Crippen molar-refractivity contribution in [3.8, 4) is 0 Å². The molecule has 68 valence electrons. The SMILES string of the molecule is OC(CCl)C(O)c1cscc1Br. The monoisotopic (exact) mass is 270 g/mol. The maximum atomic E-state index is 9.50. The Hall–Kier alpha value is 0.390. The number of aliphatic hydroxyl groups excluding tert-OH is 2. The minimum absolute atomic E-state index is 0.0312. The van der Waals surface area contributed by atoms with Crippen LogP contribution in [0, 0.1) is 0 Å². The molecule has 5 heteroatoms. The molecule has 1 heterocycles. The second kappa shape index (κ2) is 4.58. The summed E-state index contributed by atoms with van der Waals surface area (Å²) in [6.07, 6.45) is -1.80. The zero-order valence-electron chi connectivity index (χ0n) is 6.08. The first-order chi connectivity index (χ1) is 5.66. The van der Waals surface area contributed by atoms with E-state index in [2.05, 4.69) is 15.9 Å². The van der Waals surface area contributed by atoms with E-state index in [1.54, 1.807) is 5.38 Å². The van der Waals surface area contributed by atoms with E-state index in [4.69, 9.17) is 11.6 Å². The molecule has 0 spiro atoms. The molecule has 1 aromatic heterocycles. The van der Waals surface area contributed by atoms with Gasteiger partial charge in [-0.3, -0.25) is 0 Å². The fraction of sp³-hybridized carbons (Fsp3) is 0.429. The molecular formula is C7H8BrClO2S. The van der Waals surface area contributed by atoms with Crippen molar-refractivity contribution in [1.29, 1.82) is 0 Å². The molecule has 1 rings (SSSR count). The van der Waals surface area contributed by atoms with Gasteiger partial charge in [0.15, 0.2) is 0 Å². The third-order valence-corrected chi connectivity index (χ3v) is 3.55. The lowest BCUT2D eigenvalue weighted by molar-refractivity contribution is 0.0325. The molecular weight excluding hydrogens is 263 g/mol. The minimum Gasteiger partial charge on any atom is -0.389 e. The van der Waals surface area contributed by atoms with Crippen LogP contribution in [-0.2, 0) is 0 Å². The second-order valence-electron chi connectivity index (χ2n) is 2.34. The standard InChI is InChI=1S/C7H8BrClO2S/c8-5-3-12-2-4(5)7(11)6(10)1-9/h2-3,6-7,10-11H,1H2. The van der Waals surface area contributed by atoms with Crippen molar-refractivity contribution in [1.82, 2.24) is 0 Å². The zero-order chi connectivity index (χ0) is 9.14. The first-order valence-corrected chi connectivity index (χ1v) is 5.57. The molecule has 2 N–H and O–H groups in total. The molecule has 0 aromatic carbocycles. The molecule has 12 heavy (non-hydrogen) atoms. The number of aliphatic hydroxyl groups is 2. The van der Waals surface area contributed by atoms with E-state index in [1.807, 2.05) is 5.38 Å². The average Bonchev–Trinajstić information content (AvgIpc) is 2.48. The average molecular weight is 272 g/mol. The number of rotatable bonds is 3. The van der Waals surface area contributed by atoms with Crippen LogP contribution in [0.3, 0.4) is 0 Å². The molecule has 0 saturated carbocycles. The number of hydrogen-bond acceptors (Lipinski definition) is 3. The largest absolute Gasteiger partial charge is 0.389 e. The van der Waals surface area contributed by atoms with Gasteiger partial charge in [-0.05, 0) is 21.3 Å². The smallest absolute Gasteiger partial charge is 0.108 e. The molecule has 0 radical (unpaired) electrons. The minimum atomic E-state index is -0.905. The molecule has 0 aliphatic rings. The molecule has 0 saturated heterocycles. The number of thiophene rings is 1. The summed E-state index contributed by atoms with van der Waals surface area (Å²) >= 11 is 10.1. The van der Waals surface area contributed by atoms with Gasteiger partial charge in [0, 0.05) is 15.4 Å². The first kappa shape index (κ1) is 10.5. The Morgan fingerprint density at radius 3 is 2.58 bits per heavy atom. The van der Waals surface area contributed by atoms with Crippen LogP contribution in [-0.4, -0.2) is 22.2 Å². The highest BCUT2D eigenvalue weighted by Gasteiger charge is 2.19. The van der Waals surface area contributed by atoms with Gasteiger partial charge < -0.3 is 10.2 Å². The highest BCUT2D eigenvalue weighted by molar-refractivity contribution is 9.10. The lowest BCUT2D eigenvalue weighted by atomic mass is 10.1. The molecule has 1 aromatic rings. The Morgan fingerprint density at radius 2 is 2.17 bits per heavy atom. The third-order valence-electron chi connectivity index (χ3n) is 1.48. The Morgan fingerprint density at radius 1 is 1.50 bits per heavy atom. The van der Waals surface area contributed by atoms with Crippen LogP contribution in [0.2, 0.25) is 0 Å². The fourth-order valence-corrected chi connectivity index (χ4v) is 2.52. The van der Waals surface area contributed by atoms with Gasteiger partial charge in [0.25, 0.3) is 0 Å². The Kier molecular flexibility index (Phi) is 3.99. The topological polar surface area (TPSA) is 40.5 Å². The van der Waals surface area contributed by atoms with E-state index < -0.39 is 12.2 Å². The number of alkyl halides is 1. The van der Waals surface area contributed by atoms with Gasteiger partial charge in [-0.25, -0.2) is 0 Å². The highest BCUT2D eigenvalue weighted by atomic mass is 79.9. The highest BCUT2D eigenvalue weighted by Crippen LogP contribution is 2.29. The summed E-state index contributed by atoms with van der Waals surface area (Å²) in [6, 6.07) is 0. The van der Waals surface area contributed by atoms with Crippen molar-refractivity contribution < 1.29 is 10.2 Å². The predicted molar refractivity (Wildman–Crippen MR) is 53.7 cm³/mol. The Balaban J connectivity index is 2.77. The van der Waals surface area contributed by atoms with Crippen molar-refractivity contribution in [3.05, 3.63) is 20.8 Å². The quantitative estimate of drug-likeness (QED) is 0.827. The van der Waals surface area contributed by atoms with Crippen molar-refractivity contribution in [2.75, 3.05) is 5.88 Å². The van der Waals surface area contributed by atoms with Crippen LogP contribution in [0.4, 0.5) is 0 Å². The summed E-state index contributed by atoms with van der Waals surface area (Å²) in [5, 5.41) is 22.4. The molecule has 0 bridgehead atoms. The fourth-order valence-electron chi connectivity index (χ4n) is 0.794. The molecule has 0 fully saturated rings. The van der Waals surface area contributed by atoms with Gasteiger partial charge >= 0.3 is 0 Å². The van der Waals surface area contributed by atoms with Gasteiger partial charge in [-0.1, -0.05) is 0 Å². The van der Waals surface area contributed by atoms with Crippen LogP contribution in [0.15, 0.2) is 15.2 Å². The summed E-state index contributed by atoms with van der Waals surface area (Å²) in [4.78, 5) is 0. The van der Waals surface area contributed by atoms with E-state index in [0.29, 0.717) is 5.56 Å². The van der Waals surface area contributed by atoms with Crippen LogP contribution < -0.4 is 0 Å². The number of hydrogen-bond donors (Lipinski definition) is 2. The molecule has 2 atom stereocenters.